The van der Waals surface area contributed by atoms with Crippen LogP contribution in [-0.4, -0.2) is 29.7 Å². The summed E-state index contributed by atoms with van der Waals surface area (Å²) in [5.41, 5.74) is 1.45. The summed E-state index contributed by atoms with van der Waals surface area (Å²) in [6.45, 7) is 3.52. The number of anilines is 1. The molecule has 1 heterocycles. The van der Waals surface area contributed by atoms with Crippen molar-refractivity contribution in [1.29, 1.82) is 0 Å². The molecule has 8 heteroatoms. The Bertz CT molecular complexity index is 2120. The monoisotopic (exact) mass is 711 g/mol. The maximum atomic E-state index is 16.0. The van der Waals surface area contributed by atoms with Crippen LogP contribution in [0.3, 0.4) is 0 Å². The number of nitrogens with zero attached hydrogens (tertiary/aromatic N) is 1. The largest absolute Gasteiger partial charge is 0.459 e. The Morgan fingerprint density at radius 1 is 0.608 bits per heavy atom. The lowest BCUT2D eigenvalue weighted by Crippen LogP contribution is -2.45. The van der Waals surface area contributed by atoms with Gasteiger partial charge in [-0.25, -0.2) is 9.69 Å². The van der Waals surface area contributed by atoms with Crippen LogP contribution in [0.2, 0.25) is 10.0 Å². The van der Waals surface area contributed by atoms with Gasteiger partial charge in [-0.3, -0.25) is 14.4 Å². The van der Waals surface area contributed by atoms with Crippen LogP contribution < -0.4 is 4.90 Å². The number of rotatable bonds is 7. The highest BCUT2D eigenvalue weighted by Gasteiger charge is 2.82. The molecule has 51 heavy (non-hydrogen) atoms. The van der Waals surface area contributed by atoms with Crippen LogP contribution >= 0.6 is 23.2 Å². The first-order chi connectivity index (χ1) is 24.6. The van der Waals surface area contributed by atoms with E-state index >= 15 is 14.4 Å². The van der Waals surface area contributed by atoms with E-state index < -0.39 is 40.4 Å². The summed E-state index contributed by atoms with van der Waals surface area (Å²) in [5.74, 6) is -3.97. The maximum Gasteiger partial charge on any atom is 0.338 e. The van der Waals surface area contributed by atoms with Gasteiger partial charge in [-0.2, -0.15) is 0 Å². The SMILES string of the molecule is CC(C)OC(=O)c1ccc(N2C(=O)[C@H]3[C@H](C2=O)[C@@]2(c4ccc(Cl)cc4)C(=O)[C@@]3(c3ccc(Cl)cc3)C(c3ccccc3)=C2c2ccccc2)cc1. The van der Waals surface area contributed by atoms with Gasteiger partial charge in [-0.1, -0.05) is 108 Å². The molecule has 2 fully saturated rings. The average Bonchev–Trinajstić information content (AvgIpc) is 3.64. The topological polar surface area (TPSA) is 80.8 Å². The predicted molar refractivity (Wildman–Crippen MR) is 197 cm³/mol. The van der Waals surface area contributed by atoms with Crippen molar-refractivity contribution in [3.63, 3.8) is 0 Å². The van der Waals surface area contributed by atoms with Gasteiger partial charge < -0.3 is 4.74 Å². The van der Waals surface area contributed by atoms with Gasteiger partial charge in [-0.05, 0) is 95.8 Å². The number of hydrogen-bond acceptors (Lipinski definition) is 5. The van der Waals surface area contributed by atoms with Crippen LogP contribution in [-0.2, 0) is 30.0 Å². The van der Waals surface area contributed by atoms with Crippen LogP contribution in [0.1, 0.15) is 46.5 Å². The van der Waals surface area contributed by atoms with Gasteiger partial charge >= 0.3 is 5.97 Å². The Kier molecular flexibility index (Phi) is 7.86. The van der Waals surface area contributed by atoms with E-state index in [9.17, 15) is 4.79 Å². The van der Waals surface area contributed by atoms with E-state index in [1.807, 2.05) is 60.7 Å². The number of imide groups is 1. The number of hydrogen-bond donors (Lipinski definition) is 0. The summed E-state index contributed by atoms with van der Waals surface area (Å²) in [7, 11) is 0. The number of benzene rings is 5. The van der Waals surface area contributed by atoms with Crippen molar-refractivity contribution in [3.8, 4) is 0 Å². The van der Waals surface area contributed by atoms with Crippen LogP contribution in [0.25, 0.3) is 11.1 Å². The first-order valence-electron chi connectivity index (χ1n) is 16.7. The minimum Gasteiger partial charge on any atom is -0.459 e. The number of carbonyl (C=O) groups is 4. The molecule has 5 aromatic rings. The average molecular weight is 713 g/mol. The Morgan fingerprint density at radius 3 is 1.41 bits per heavy atom. The summed E-state index contributed by atoms with van der Waals surface area (Å²) in [4.78, 5) is 60.2. The van der Waals surface area contributed by atoms with Crippen molar-refractivity contribution in [2.75, 3.05) is 4.90 Å². The molecule has 0 spiro atoms. The van der Waals surface area contributed by atoms with Crippen LogP contribution in [0.15, 0.2) is 133 Å². The van der Waals surface area contributed by atoms with Crippen LogP contribution in [0.4, 0.5) is 5.69 Å². The van der Waals surface area contributed by atoms with Crippen LogP contribution in [0.5, 0.6) is 0 Å². The van der Waals surface area contributed by atoms with Gasteiger partial charge in [-0.15, -0.1) is 0 Å². The molecule has 2 amide bonds. The number of ketones is 1. The molecule has 1 saturated heterocycles. The third-order valence-corrected chi connectivity index (χ3v) is 10.9. The Morgan fingerprint density at radius 2 is 1.02 bits per heavy atom. The quantitative estimate of drug-likeness (QED) is 0.125. The molecule has 0 N–H and O–H groups in total. The van der Waals surface area contributed by atoms with Gasteiger partial charge in [0, 0.05) is 10.0 Å². The smallest absolute Gasteiger partial charge is 0.338 e. The number of allylic oxidation sites excluding steroid dienone is 2. The number of amides is 2. The Hall–Kier alpha value is -5.30. The summed E-state index contributed by atoms with van der Waals surface area (Å²) >= 11 is 12.9. The van der Waals surface area contributed by atoms with E-state index in [-0.39, 0.29) is 17.5 Å². The lowest BCUT2D eigenvalue weighted by molar-refractivity contribution is -0.130. The summed E-state index contributed by atoms with van der Waals surface area (Å²) in [5, 5.41) is 0.943. The second-order valence-corrected chi connectivity index (χ2v) is 14.3. The zero-order chi connectivity index (χ0) is 35.7. The minimum atomic E-state index is -1.58. The molecule has 4 atom stereocenters. The second kappa shape index (κ2) is 12.2. The number of halogens is 2. The van der Waals surface area contributed by atoms with Crippen molar-refractivity contribution in [2.24, 2.45) is 11.8 Å². The van der Waals surface area contributed by atoms with E-state index in [1.165, 1.54) is 4.90 Å². The molecule has 2 aliphatic carbocycles. The molecule has 8 rings (SSSR count). The molecule has 5 aromatic carbocycles. The highest BCUT2D eigenvalue weighted by atomic mass is 35.5. The number of esters is 1. The van der Waals surface area contributed by atoms with E-state index in [4.69, 9.17) is 27.9 Å². The van der Waals surface area contributed by atoms with Crippen molar-refractivity contribution in [3.05, 3.63) is 171 Å². The standard InChI is InChI=1S/C43H31Cl2NO5/c1-25(2)51-40(49)28-13-23-33(24-14-28)46-38(47)36-37(39(46)48)43(30-17-21-32(45)22-18-30)35(27-11-7-4-8-12-27)34(26-9-5-3-6-10-26)42(36,41(43)50)29-15-19-31(44)20-16-29/h3-25,36-37H,1-2H3/t36-,37-,42+,43+/m1/s1. The molecular weight excluding hydrogens is 681 g/mol. The number of carbonyl (C=O) groups excluding carboxylic acids is 4. The molecule has 6 nitrogen and oxygen atoms in total. The predicted octanol–water partition coefficient (Wildman–Crippen LogP) is 8.75. The molecule has 252 valence electrons. The first-order valence-corrected chi connectivity index (χ1v) is 17.5. The lowest BCUT2D eigenvalue weighted by Gasteiger charge is -2.39. The summed E-state index contributed by atoms with van der Waals surface area (Å²) in [6, 6.07) is 39.5. The third-order valence-electron chi connectivity index (χ3n) is 10.4. The maximum absolute atomic E-state index is 16.0. The number of ether oxygens (including phenoxy) is 1. The van der Waals surface area contributed by atoms with Crippen molar-refractivity contribution < 1.29 is 23.9 Å². The molecule has 0 aromatic heterocycles. The third kappa shape index (κ3) is 4.63. The molecule has 3 aliphatic rings. The fourth-order valence-electron chi connectivity index (χ4n) is 8.64. The first kappa shape index (κ1) is 32.9. The van der Waals surface area contributed by atoms with Gasteiger partial charge in [0.25, 0.3) is 0 Å². The summed E-state index contributed by atoms with van der Waals surface area (Å²) < 4.78 is 5.35. The molecule has 1 aliphatic heterocycles. The van der Waals surface area contributed by atoms with Crippen molar-refractivity contribution in [1.82, 2.24) is 0 Å². The highest BCUT2D eigenvalue weighted by molar-refractivity contribution is 6.39. The molecule has 0 radical (unpaired) electrons. The van der Waals surface area contributed by atoms with E-state index in [2.05, 4.69) is 0 Å². The number of fused-ring (bicyclic) bond motifs is 5. The van der Waals surface area contributed by atoms with E-state index in [1.54, 1.807) is 86.6 Å². The normalized spacial score (nSPS) is 23.7. The molecular formula is C43H31Cl2NO5. The van der Waals surface area contributed by atoms with Gasteiger partial charge in [0.05, 0.1) is 40.0 Å². The van der Waals surface area contributed by atoms with Gasteiger partial charge in [0.2, 0.25) is 11.8 Å². The lowest BCUT2D eigenvalue weighted by atomic mass is 9.59. The molecule has 0 unspecified atom stereocenters. The van der Waals surface area contributed by atoms with Crippen LogP contribution in [0, 0.1) is 11.8 Å². The van der Waals surface area contributed by atoms with Gasteiger partial charge in [0.15, 0.2) is 5.78 Å². The zero-order valence-corrected chi connectivity index (χ0v) is 29.2. The van der Waals surface area contributed by atoms with Gasteiger partial charge in [0.1, 0.15) is 0 Å². The van der Waals surface area contributed by atoms with Crippen molar-refractivity contribution >= 4 is 63.6 Å². The molecule has 2 bridgehead atoms. The second-order valence-electron chi connectivity index (χ2n) is 13.4. The van der Waals surface area contributed by atoms with E-state index in [0.29, 0.717) is 38.0 Å². The van der Waals surface area contributed by atoms with E-state index in [0.717, 1.165) is 11.1 Å². The zero-order valence-electron chi connectivity index (χ0n) is 27.7. The number of Topliss-reactive ketones (excluding diaryl/α,β-unsaturated/α-hetero) is 1. The fraction of sp³-hybridized carbons (Fsp3) is 0.163. The Labute approximate surface area is 305 Å². The fourth-order valence-corrected chi connectivity index (χ4v) is 8.89. The molecule has 1 saturated carbocycles. The minimum absolute atomic E-state index is 0.250. The highest BCUT2D eigenvalue weighted by Crippen LogP contribution is 2.74. The Balaban J connectivity index is 1.45. The summed E-state index contributed by atoms with van der Waals surface area (Å²) in [6.07, 6.45) is -0.315. The van der Waals surface area contributed by atoms with Crippen molar-refractivity contribution in [2.45, 2.75) is 30.8 Å².